The van der Waals surface area contributed by atoms with Crippen LogP contribution in [0.3, 0.4) is 0 Å². The van der Waals surface area contributed by atoms with Gasteiger partial charge in [0.05, 0.1) is 18.0 Å². The second-order valence-electron chi connectivity index (χ2n) is 16.2. The van der Waals surface area contributed by atoms with Crippen LogP contribution in [0.25, 0.3) is 0 Å². The van der Waals surface area contributed by atoms with Gasteiger partial charge in [-0.1, -0.05) is 26.7 Å². The first-order valence-corrected chi connectivity index (χ1v) is 18.9. The molecule has 10 atom stereocenters. The quantitative estimate of drug-likeness (QED) is 0.0664. The van der Waals surface area contributed by atoms with Crippen LogP contribution in [0.4, 0.5) is 0 Å². The molecule has 0 spiro atoms. The van der Waals surface area contributed by atoms with Crippen molar-refractivity contribution in [2.24, 2.45) is 45.0 Å². The fraction of sp³-hybridized carbons (Fsp3) is 0.763. The number of aliphatic hydroxyl groups excluding tert-OH is 1. The van der Waals surface area contributed by atoms with Crippen molar-refractivity contribution in [2.45, 2.75) is 146 Å². The van der Waals surface area contributed by atoms with Gasteiger partial charge in [-0.15, -0.1) is 0 Å². The third-order valence-electron chi connectivity index (χ3n) is 13.3. The number of nitrogens with zero attached hydrogens (tertiary/aromatic N) is 1. The summed E-state index contributed by atoms with van der Waals surface area (Å²) in [7, 11) is 0. The average molecular weight is 715 g/mol. The number of carboxylic acid groups (broad SMARTS) is 1. The predicted octanol–water partition coefficient (Wildman–Crippen LogP) is 3.73. The molecule has 4 aliphatic carbocycles. The summed E-state index contributed by atoms with van der Waals surface area (Å²) in [6.45, 7) is 4.68. The lowest BCUT2D eigenvalue weighted by Crippen LogP contribution is -2.66. The number of fused-ring (bicyclic) bond motifs is 5. The largest absolute Gasteiger partial charge is 0.480 e. The molecule has 1 heterocycles. The zero-order chi connectivity index (χ0) is 37.0. The molecule has 0 unspecified atom stereocenters. The molecule has 1 aromatic heterocycles. The summed E-state index contributed by atoms with van der Waals surface area (Å²) >= 11 is 0. The number of aliphatic hydroxyl groups is 2. The summed E-state index contributed by atoms with van der Waals surface area (Å²) in [4.78, 5) is 52.0. The third-order valence-corrected chi connectivity index (χ3v) is 13.3. The molecular formula is C38H58N4O9. The summed E-state index contributed by atoms with van der Waals surface area (Å²) in [5.74, 6) is -1.46. The Morgan fingerprint density at radius 3 is 2.47 bits per heavy atom. The summed E-state index contributed by atoms with van der Waals surface area (Å²) in [5.41, 5.74) is 9.45. The molecule has 0 aliphatic heterocycles. The first-order chi connectivity index (χ1) is 24.2. The minimum atomic E-state index is -1.10. The van der Waals surface area contributed by atoms with Gasteiger partial charge in [0, 0.05) is 30.9 Å². The Kier molecular flexibility index (Phi) is 12.2. The highest BCUT2D eigenvalue weighted by molar-refractivity contribution is 5.83. The second-order valence-corrected chi connectivity index (χ2v) is 16.2. The molecule has 1 amide bonds. The molecule has 1 aromatic rings. The number of aliphatic carboxylic acids is 1. The summed E-state index contributed by atoms with van der Waals surface area (Å²) in [6, 6.07) is 2.25. The molecule has 13 nitrogen and oxygen atoms in total. The number of amides is 1. The topological polar surface area (TPSA) is 228 Å². The summed E-state index contributed by atoms with van der Waals surface area (Å²) < 4.78 is 11.2. The highest BCUT2D eigenvalue weighted by Gasteiger charge is 2.69. The van der Waals surface area contributed by atoms with Crippen molar-refractivity contribution < 1.29 is 38.9 Å². The van der Waals surface area contributed by atoms with Crippen LogP contribution in [0.1, 0.15) is 128 Å². The number of carbonyl (C=O) groups excluding carboxylic acids is 2. The number of esters is 1. The molecule has 0 saturated heterocycles. The van der Waals surface area contributed by atoms with Gasteiger partial charge in [0.25, 0.3) is 0 Å². The van der Waals surface area contributed by atoms with E-state index in [2.05, 4.69) is 24.2 Å². The zero-order valence-corrected chi connectivity index (χ0v) is 30.2. The Hall–Kier alpha value is -3.45. The van der Waals surface area contributed by atoms with E-state index in [9.17, 15) is 34.5 Å². The Morgan fingerprint density at radius 2 is 1.78 bits per heavy atom. The average Bonchev–Trinajstić information content (AvgIpc) is 3.34. The summed E-state index contributed by atoms with van der Waals surface area (Å²) in [6.07, 6.45) is 10.7. The van der Waals surface area contributed by atoms with Crippen molar-refractivity contribution in [3.63, 3.8) is 0 Å². The number of rotatable bonds is 15. The van der Waals surface area contributed by atoms with Gasteiger partial charge in [-0.05, 0) is 118 Å². The highest BCUT2D eigenvalue weighted by Crippen LogP contribution is 2.70. The number of carbonyl (C=O) groups is 3. The van der Waals surface area contributed by atoms with Crippen molar-refractivity contribution in [1.82, 2.24) is 5.32 Å². The molecule has 0 radical (unpaired) electrons. The standard InChI is InChI=1S/C38H58N4O9/c1-36-17-15-25(51-32(46)10-6-4-3-5-9-30(44)42-28(34(47)48)8-7-19-41-35(39)40)20-24(36)12-13-27-33(36)29(43)21-37(2)26(16-18-38(27,37)49)23-11-14-31(45)50-22-23/h11,14,22,24-29,33,43,49H,3-10,12-13,15-21H2,1-2H3,(H,42,44)(H,47,48)(H4,39,40,41)/t24-,25+,26-,27-,28-,29-,33-,36+,37-,38+/m1/s1. The smallest absolute Gasteiger partial charge is 0.335 e. The van der Waals surface area contributed by atoms with Gasteiger partial charge in [0.15, 0.2) is 5.96 Å². The molecule has 51 heavy (non-hydrogen) atoms. The molecule has 284 valence electrons. The van der Waals surface area contributed by atoms with Gasteiger partial charge in [0.2, 0.25) is 5.91 Å². The Bertz CT molecular complexity index is 1480. The van der Waals surface area contributed by atoms with E-state index < -0.39 is 34.8 Å². The van der Waals surface area contributed by atoms with Crippen LogP contribution in [0, 0.1) is 28.6 Å². The van der Waals surface area contributed by atoms with Crippen LogP contribution in [-0.2, 0) is 19.1 Å². The van der Waals surface area contributed by atoms with Crippen molar-refractivity contribution in [3.8, 4) is 0 Å². The van der Waals surface area contributed by atoms with Crippen molar-refractivity contribution in [3.05, 3.63) is 34.4 Å². The monoisotopic (exact) mass is 714 g/mol. The Labute approximate surface area is 300 Å². The molecule has 8 N–H and O–H groups in total. The maximum absolute atomic E-state index is 12.8. The van der Waals surface area contributed by atoms with E-state index >= 15 is 0 Å². The van der Waals surface area contributed by atoms with E-state index in [0.717, 1.165) is 56.9 Å². The Morgan fingerprint density at radius 1 is 1.04 bits per heavy atom. The fourth-order valence-electron chi connectivity index (χ4n) is 10.7. The van der Waals surface area contributed by atoms with Gasteiger partial charge in [-0.2, -0.15) is 0 Å². The van der Waals surface area contributed by atoms with Crippen molar-refractivity contribution in [1.29, 1.82) is 0 Å². The molecular weight excluding hydrogens is 656 g/mol. The minimum absolute atomic E-state index is 0.00134. The molecule has 4 saturated carbocycles. The highest BCUT2D eigenvalue weighted by atomic mass is 16.5. The van der Waals surface area contributed by atoms with Crippen LogP contribution in [-0.4, -0.2) is 69.5 Å². The van der Waals surface area contributed by atoms with Crippen LogP contribution in [0.5, 0.6) is 0 Å². The van der Waals surface area contributed by atoms with Gasteiger partial charge in [-0.25, -0.2) is 9.59 Å². The van der Waals surface area contributed by atoms with Gasteiger partial charge in [0.1, 0.15) is 12.1 Å². The van der Waals surface area contributed by atoms with Gasteiger partial charge < -0.3 is 41.3 Å². The maximum Gasteiger partial charge on any atom is 0.335 e. The summed E-state index contributed by atoms with van der Waals surface area (Å²) in [5, 5.41) is 36.3. The fourth-order valence-corrected chi connectivity index (χ4v) is 10.7. The third kappa shape index (κ3) is 8.29. The lowest BCUT2D eigenvalue weighted by atomic mass is 9.42. The van der Waals surface area contributed by atoms with E-state index in [1.54, 1.807) is 6.07 Å². The molecule has 5 rings (SSSR count). The normalized spacial score (nSPS) is 34.7. The predicted molar refractivity (Wildman–Crippen MR) is 189 cm³/mol. The number of nitrogens with one attached hydrogen (secondary N) is 1. The minimum Gasteiger partial charge on any atom is -0.480 e. The van der Waals surface area contributed by atoms with E-state index in [-0.39, 0.29) is 60.0 Å². The number of guanidine groups is 1. The molecule has 0 bridgehead atoms. The number of unbranched alkanes of at least 4 members (excludes halogenated alkanes) is 3. The van der Waals surface area contributed by atoms with Crippen molar-refractivity contribution >= 4 is 23.8 Å². The lowest BCUT2D eigenvalue weighted by Gasteiger charge is -2.65. The number of hydrogen-bond donors (Lipinski definition) is 6. The number of nitrogens with two attached hydrogens (primary N) is 2. The van der Waals surface area contributed by atoms with E-state index in [4.69, 9.17) is 20.6 Å². The second kappa shape index (κ2) is 16.1. The van der Waals surface area contributed by atoms with Crippen LogP contribution < -0.4 is 22.4 Å². The molecule has 4 fully saturated rings. The van der Waals surface area contributed by atoms with Crippen LogP contribution in [0.15, 0.2) is 32.6 Å². The van der Waals surface area contributed by atoms with Gasteiger partial charge >= 0.3 is 17.6 Å². The molecule has 4 aliphatic rings. The van der Waals surface area contributed by atoms with Gasteiger partial charge in [-0.3, -0.25) is 14.6 Å². The first-order valence-electron chi connectivity index (χ1n) is 18.9. The number of ether oxygens (including phenoxy) is 1. The number of aliphatic imine (C=N–C) groups is 1. The van der Waals surface area contributed by atoms with Crippen molar-refractivity contribution in [2.75, 3.05) is 6.54 Å². The van der Waals surface area contributed by atoms with Crippen LogP contribution >= 0.6 is 0 Å². The van der Waals surface area contributed by atoms with E-state index in [1.807, 2.05) is 0 Å². The van der Waals surface area contributed by atoms with Crippen LogP contribution in [0.2, 0.25) is 0 Å². The van der Waals surface area contributed by atoms with E-state index in [0.29, 0.717) is 51.0 Å². The SMILES string of the molecule is C[C@]12CC[C@H](OC(=O)CCCCCCC(=O)N[C@H](CCCN=C(N)N)C(=O)O)C[C@H]1CC[C@@H]1[C@@H]2[C@H](O)C[C@]2(C)[C@@H](c3ccc(=O)oc3)CC[C@]12O. The lowest BCUT2D eigenvalue weighted by molar-refractivity contribution is -0.240. The van der Waals surface area contributed by atoms with E-state index in [1.165, 1.54) is 12.3 Å². The Balaban J connectivity index is 1.04. The number of hydrogen-bond acceptors (Lipinski definition) is 9. The number of carboxylic acids is 1. The zero-order valence-electron chi connectivity index (χ0n) is 30.2. The maximum atomic E-state index is 12.8. The molecule has 0 aromatic carbocycles. The molecule has 13 heteroatoms. The first kappa shape index (κ1) is 38.8.